The minimum Gasteiger partial charge on any atom is -0.327 e. The smallest absolute Gasteiger partial charge is 0.0953 e. The highest BCUT2D eigenvalue weighted by Crippen LogP contribution is 2.42. The monoisotopic (exact) mass is 281 g/mol. The van der Waals surface area contributed by atoms with Gasteiger partial charge in [0, 0.05) is 17.1 Å². The van der Waals surface area contributed by atoms with E-state index in [-0.39, 0.29) is 0 Å². The molecule has 1 spiro atoms. The van der Waals surface area contributed by atoms with E-state index in [1.807, 2.05) is 12.5 Å². The van der Waals surface area contributed by atoms with Gasteiger partial charge in [-0.3, -0.25) is 0 Å². The van der Waals surface area contributed by atoms with Crippen molar-refractivity contribution in [2.75, 3.05) is 6.54 Å². The second kappa shape index (κ2) is 4.99. The molecular weight excluding hydrogens is 258 g/mol. The first-order valence-electron chi connectivity index (χ1n) is 8.10. The lowest BCUT2D eigenvalue weighted by Crippen LogP contribution is -2.55. The van der Waals surface area contributed by atoms with E-state index in [4.69, 9.17) is 0 Å². The third kappa shape index (κ3) is 2.30. The summed E-state index contributed by atoms with van der Waals surface area (Å²) < 4.78 is 2.41. The van der Waals surface area contributed by atoms with Gasteiger partial charge in [0.2, 0.25) is 0 Å². The molecular formula is C18H23N3. The van der Waals surface area contributed by atoms with Crippen LogP contribution in [0.1, 0.15) is 43.7 Å². The van der Waals surface area contributed by atoms with E-state index in [2.05, 4.69) is 46.1 Å². The summed E-state index contributed by atoms with van der Waals surface area (Å²) in [5.41, 5.74) is 4.28. The van der Waals surface area contributed by atoms with Crippen molar-refractivity contribution >= 4 is 0 Å². The van der Waals surface area contributed by atoms with Crippen molar-refractivity contribution in [2.45, 2.75) is 50.6 Å². The number of nitrogens with zero attached hydrogens (tertiary/aromatic N) is 2. The minimum absolute atomic E-state index is 0.428. The second-order valence-electron chi connectivity index (χ2n) is 6.76. The highest BCUT2D eigenvalue weighted by atomic mass is 15.1. The maximum Gasteiger partial charge on any atom is 0.0953 e. The van der Waals surface area contributed by atoms with Crippen molar-refractivity contribution < 1.29 is 0 Å². The lowest BCUT2D eigenvalue weighted by atomic mass is 9.70. The SMILES string of the molecule is Cc1cccc(-c2cncn2C2CCNC3(CCC3)C2)c1. The van der Waals surface area contributed by atoms with Crippen LogP contribution in [0.4, 0.5) is 0 Å². The van der Waals surface area contributed by atoms with Crippen LogP contribution in [0.3, 0.4) is 0 Å². The molecule has 3 heteroatoms. The van der Waals surface area contributed by atoms with Gasteiger partial charge < -0.3 is 9.88 Å². The van der Waals surface area contributed by atoms with Gasteiger partial charge in [-0.25, -0.2) is 4.98 Å². The fourth-order valence-electron chi connectivity index (χ4n) is 3.97. The first kappa shape index (κ1) is 13.1. The van der Waals surface area contributed by atoms with E-state index in [0.717, 1.165) is 6.54 Å². The summed E-state index contributed by atoms with van der Waals surface area (Å²) in [5.74, 6) is 0. The van der Waals surface area contributed by atoms with Crippen LogP contribution >= 0.6 is 0 Å². The summed E-state index contributed by atoms with van der Waals surface area (Å²) in [7, 11) is 0. The number of piperidine rings is 1. The van der Waals surface area contributed by atoms with E-state index in [1.54, 1.807) is 0 Å². The summed E-state index contributed by atoms with van der Waals surface area (Å²) in [6.07, 6.45) is 10.6. The molecule has 110 valence electrons. The van der Waals surface area contributed by atoms with E-state index >= 15 is 0 Å². The van der Waals surface area contributed by atoms with E-state index in [9.17, 15) is 0 Å². The van der Waals surface area contributed by atoms with Gasteiger partial charge in [0.1, 0.15) is 0 Å². The van der Waals surface area contributed by atoms with Crippen molar-refractivity contribution in [3.8, 4) is 11.3 Å². The number of rotatable bonds is 2. The predicted molar refractivity (Wildman–Crippen MR) is 85.3 cm³/mol. The first-order valence-corrected chi connectivity index (χ1v) is 8.10. The molecule has 2 heterocycles. The largest absolute Gasteiger partial charge is 0.327 e. The average molecular weight is 281 g/mol. The molecule has 2 aliphatic rings. The molecule has 1 saturated carbocycles. The normalized spacial score (nSPS) is 24.0. The van der Waals surface area contributed by atoms with Crippen molar-refractivity contribution in [3.63, 3.8) is 0 Å². The summed E-state index contributed by atoms with van der Waals surface area (Å²) in [5, 5.41) is 3.76. The topological polar surface area (TPSA) is 29.9 Å². The maximum atomic E-state index is 4.44. The van der Waals surface area contributed by atoms with Crippen LogP contribution in [0, 0.1) is 6.92 Å². The Morgan fingerprint density at radius 3 is 3.00 bits per heavy atom. The van der Waals surface area contributed by atoms with Gasteiger partial charge in [0.05, 0.1) is 18.2 Å². The van der Waals surface area contributed by atoms with Crippen LogP contribution in [0.2, 0.25) is 0 Å². The van der Waals surface area contributed by atoms with Gasteiger partial charge in [0.25, 0.3) is 0 Å². The van der Waals surface area contributed by atoms with Crippen molar-refractivity contribution in [3.05, 3.63) is 42.4 Å². The molecule has 1 aliphatic heterocycles. The quantitative estimate of drug-likeness (QED) is 0.909. The Kier molecular flexibility index (Phi) is 3.11. The van der Waals surface area contributed by atoms with E-state index in [0.29, 0.717) is 11.6 Å². The van der Waals surface area contributed by atoms with Crippen molar-refractivity contribution in [2.24, 2.45) is 0 Å². The Morgan fingerprint density at radius 2 is 2.24 bits per heavy atom. The van der Waals surface area contributed by atoms with Gasteiger partial charge in [-0.1, -0.05) is 23.8 Å². The fraction of sp³-hybridized carbons (Fsp3) is 0.500. The number of nitrogens with one attached hydrogen (secondary N) is 1. The zero-order valence-corrected chi connectivity index (χ0v) is 12.7. The highest BCUT2D eigenvalue weighted by molar-refractivity contribution is 5.60. The third-order valence-electron chi connectivity index (χ3n) is 5.29. The number of imidazole rings is 1. The number of aromatic nitrogens is 2. The standard InChI is InChI=1S/C18H23N3/c1-14-4-2-5-15(10-14)17-12-19-13-21(17)16-6-9-20-18(11-16)7-3-8-18/h2,4-5,10,12-13,16,20H,3,6-9,11H2,1H3. The molecule has 1 aliphatic carbocycles. The molecule has 3 nitrogen and oxygen atoms in total. The second-order valence-corrected chi connectivity index (χ2v) is 6.76. The summed E-state index contributed by atoms with van der Waals surface area (Å²) >= 11 is 0. The van der Waals surface area contributed by atoms with Crippen LogP contribution in [-0.4, -0.2) is 21.6 Å². The van der Waals surface area contributed by atoms with Crippen LogP contribution in [0.15, 0.2) is 36.8 Å². The molecule has 4 rings (SSSR count). The molecule has 2 fully saturated rings. The van der Waals surface area contributed by atoms with Gasteiger partial charge >= 0.3 is 0 Å². The van der Waals surface area contributed by atoms with Gasteiger partial charge in [0.15, 0.2) is 0 Å². The molecule has 1 saturated heterocycles. The molecule has 21 heavy (non-hydrogen) atoms. The van der Waals surface area contributed by atoms with E-state index in [1.165, 1.54) is 48.9 Å². The van der Waals surface area contributed by atoms with Gasteiger partial charge in [-0.05, 0) is 51.6 Å². The Balaban J connectivity index is 1.65. The highest BCUT2D eigenvalue weighted by Gasteiger charge is 2.41. The molecule has 1 N–H and O–H groups in total. The summed E-state index contributed by atoms with van der Waals surface area (Å²) in [6, 6.07) is 9.33. The molecule has 0 radical (unpaired) electrons. The van der Waals surface area contributed by atoms with Crippen LogP contribution in [-0.2, 0) is 0 Å². The van der Waals surface area contributed by atoms with Crippen LogP contribution in [0.5, 0.6) is 0 Å². The first-order chi connectivity index (χ1) is 10.3. The van der Waals surface area contributed by atoms with Crippen molar-refractivity contribution in [1.82, 2.24) is 14.9 Å². The average Bonchev–Trinajstić information content (AvgIpc) is 2.95. The molecule has 2 aromatic rings. The lowest BCUT2D eigenvalue weighted by molar-refractivity contribution is 0.110. The molecule has 0 amide bonds. The Hall–Kier alpha value is -1.61. The number of benzene rings is 1. The summed E-state index contributed by atoms with van der Waals surface area (Å²) in [4.78, 5) is 4.44. The van der Waals surface area contributed by atoms with Crippen LogP contribution < -0.4 is 5.32 Å². The number of hydrogen-bond acceptors (Lipinski definition) is 2. The minimum atomic E-state index is 0.428. The lowest BCUT2D eigenvalue weighted by Gasteiger charge is -2.48. The molecule has 0 bridgehead atoms. The number of hydrogen-bond donors (Lipinski definition) is 1. The molecule has 1 unspecified atom stereocenters. The zero-order chi connectivity index (χ0) is 14.3. The predicted octanol–water partition coefficient (Wildman–Crippen LogP) is 3.71. The van der Waals surface area contributed by atoms with Crippen LogP contribution in [0.25, 0.3) is 11.3 Å². The van der Waals surface area contributed by atoms with Crippen molar-refractivity contribution in [1.29, 1.82) is 0 Å². The number of aryl methyl sites for hydroxylation is 1. The molecule has 1 atom stereocenters. The fourth-order valence-corrected chi connectivity index (χ4v) is 3.97. The summed E-state index contributed by atoms with van der Waals surface area (Å²) in [6.45, 7) is 3.29. The van der Waals surface area contributed by atoms with Gasteiger partial charge in [-0.15, -0.1) is 0 Å². The Morgan fingerprint density at radius 1 is 1.33 bits per heavy atom. The Labute approximate surface area is 126 Å². The maximum absolute atomic E-state index is 4.44. The molecule has 1 aromatic heterocycles. The third-order valence-corrected chi connectivity index (χ3v) is 5.29. The molecule has 1 aromatic carbocycles. The van der Waals surface area contributed by atoms with Gasteiger partial charge in [-0.2, -0.15) is 0 Å². The zero-order valence-electron chi connectivity index (χ0n) is 12.7. The Bertz CT molecular complexity index is 639. The van der Waals surface area contributed by atoms with E-state index < -0.39 is 0 Å².